The molecule has 2 amide bonds. The number of hydrogen-bond donors (Lipinski definition) is 1. The number of halogens is 2. The number of anilines is 2. The molecule has 0 unspecified atom stereocenters. The second-order valence-corrected chi connectivity index (χ2v) is 7.81. The minimum absolute atomic E-state index is 0.0314. The van der Waals surface area contributed by atoms with Gasteiger partial charge in [-0.05, 0) is 36.1 Å². The fraction of sp³-hybridized carbons (Fsp3) is 0.0370. The van der Waals surface area contributed by atoms with Crippen LogP contribution in [0.4, 0.5) is 20.2 Å². The number of hydrogen-bond acceptors (Lipinski definition) is 3. The van der Waals surface area contributed by atoms with Crippen molar-refractivity contribution >= 4 is 39.5 Å². The Balaban J connectivity index is 1.67. The maximum absolute atomic E-state index is 14.6. The molecule has 1 heterocycles. The van der Waals surface area contributed by atoms with E-state index in [2.05, 4.69) is 5.32 Å². The molecule has 4 aromatic rings. The Bertz CT molecular complexity index is 1450. The SMILES string of the molecule is Cc1ccc(C2=C(Nc3cccc4ccccc34)C(=O)N(c3ccc(F)cc3F)C2=O)cc1. The van der Waals surface area contributed by atoms with E-state index in [1.165, 1.54) is 0 Å². The highest BCUT2D eigenvalue weighted by atomic mass is 19.1. The summed E-state index contributed by atoms with van der Waals surface area (Å²) in [5, 5.41) is 4.95. The molecule has 33 heavy (non-hydrogen) atoms. The second kappa shape index (κ2) is 7.98. The molecule has 0 aliphatic carbocycles. The van der Waals surface area contributed by atoms with E-state index in [1.54, 1.807) is 18.2 Å². The Morgan fingerprint density at radius 3 is 2.27 bits per heavy atom. The molecule has 4 nitrogen and oxygen atoms in total. The van der Waals surface area contributed by atoms with Gasteiger partial charge in [-0.2, -0.15) is 0 Å². The van der Waals surface area contributed by atoms with E-state index in [0.29, 0.717) is 17.3 Å². The number of fused-ring (bicyclic) bond motifs is 1. The van der Waals surface area contributed by atoms with E-state index in [4.69, 9.17) is 0 Å². The summed E-state index contributed by atoms with van der Waals surface area (Å²) in [4.78, 5) is 27.7. The number of benzene rings is 4. The van der Waals surface area contributed by atoms with Crippen LogP contribution in [0.2, 0.25) is 0 Å². The third-order valence-corrected chi connectivity index (χ3v) is 5.62. The molecular formula is C27H18F2N2O2. The molecule has 1 N–H and O–H groups in total. The molecule has 0 saturated carbocycles. The van der Waals surface area contributed by atoms with E-state index in [-0.39, 0.29) is 17.0 Å². The predicted octanol–water partition coefficient (Wildman–Crippen LogP) is 5.82. The summed E-state index contributed by atoms with van der Waals surface area (Å²) in [5.74, 6) is -3.19. The first-order valence-corrected chi connectivity index (χ1v) is 10.3. The average Bonchev–Trinajstić information content (AvgIpc) is 3.04. The zero-order valence-corrected chi connectivity index (χ0v) is 17.6. The minimum atomic E-state index is -0.994. The van der Waals surface area contributed by atoms with Crippen LogP contribution in [0.5, 0.6) is 0 Å². The van der Waals surface area contributed by atoms with Gasteiger partial charge >= 0.3 is 0 Å². The van der Waals surface area contributed by atoms with Crippen LogP contribution in [-0.4, -0.2) is 11.8 Å². The van der Waals surface area contributed by atoms with Crippen LogP contribution in [0.1, 0.15) is 11.1 Å². The first-order valence-electron chi connectivity index (χ1n) is 10.3. The summed E-state index contributed by atoms with van der Waals surface area (Å²) in [5.41, 5.74) is 1.99. The Hall–Kier alpha value is -4.32. The van der Waals surface area contributed by atoms with E-state index in [0.717, 1.165) is 33.4 Å². The molecular weight excluding hydrogens is 422 g/mol. The van der Waals surface area contributed by atoms with Crippen molar-refractivity contribution in [2.24, 2.45) is 0 Å². The van der Waals surface area contributed by atoms with Crippen molar-refractivity contribution in [1.29, 1.82) is 0 Å². The van der Waals surface area contributed by atoms with Crippen LogP contribution in [0, 0.1) is 18.6 Å². The molecule has 0 bridgehead atoms. The monoisotopic (exact) mass is 440 g/mol. The van der Waals surface area contributed by atoms with Gasteiger partial charge in [-0.25, -0.2) is 13.7 Å². The summed E-state index contributed by atoms with van der Waals surface area (Å²) < 4.78 is 28.0. The number of nitrogens with one attached hydrogen (secondary N) is 1. The number of amides is 2. The zero-order chi connectivity index (χ0) is 23.1. The predicted molar refractivity (Wildman–Crippen MR) is 125 cm³/mol. The maximum atomic E-state index is 14.6. The van der Waals surface area contributed by atoms with Crippen LogP contribution >= 0.6 is 0 Å². The summed E-state index contributed by atoms with van der Waals surface area (Å²) >= 11 is 0. The summed E-state index contributed by atoms with van der Waals surface area (Å²) in [7, 11) is 0. The minimum Gasteiger partial charge on any atom is -0.350 e. The molecule has 1 aliphatic rings. The molecule has 6 heteroatoms. The van der Waals surface area contributed by atoms with Gasteiger partial charge in [0.2, 0.25) is 0 Å². The number of nitrogens with zero attached hydrogens (tertiary/aromatic N) is 1. The van der Waals surface area contributed by atoms with Crippen molar-refractivity contribution < 1.29 is 18.4 Å². The summed E-state index contributed by atoms with van der Waals surface area (Å²) in [6, 6.07) is 23.1. The first kappa shape index (κ1) is 20.6. The molecule has 0 radical (unpaired) electrons. The molecule has 4 aromatic carbocycles. The molecule has 0 spiro atoms. The van der Waals surface area contributed by atoms with Gasteiger partial charge < -0.3 is 5.32 Å². The van der Waals surface area contributed by atoms with Crippen LogP contribution in [-0.2, 0) is 9.59 Å². The van der Waals surface area contributed by atoms with E-state index < -0.39 is 23.4 Å². The highest BCUT2D eigenvalue weighted by Crippen LogP contribution is 2.36. The van der Waals surface area contributed by atoms with Gasteiger partial charge in [0.1, 0.15) is 17.3 Å². The number of rotatable bonds is 4. The van der Waals surface area contributed by atoms with E-state index in [9.17, 15) is 18.4 Å². The Morgan fingerprint density at radius 2 is 1.52 bits per heavy atom. The third kappa shape index (κ3) is 3.55. The quantitative estimate of drug-likeness (QED) is 0.407. The van der Waals surface area contributed by atoms with Crippen LogP contribution in [0.25, 0.3) is 16.3 Å². The lowest BCUT2D eigenvalue weighted by Gasteiger charge is -2.16. The molecule has 0 aromatic heterocycles. The highest BCUT2D eigenvalue weighted by molar-refractivity contribution is 6.46. The number of carbonyl (C=O) groups is 2. The molecule has 0 fully saturated rings. The molecule has 0 saturated heterocycles. The third-order valence-electron chi connectivity index (χ3n) is 5.62. The zero-order valence-electron chi connectivity index (χ0n) is 17.6. The smallest absolute Gasteiger partial charge is 0.282 e. The lowest BCUT2D eigenvalue weighted by molar-refractivity contribution is -0.120. The molecule has 5 rings (SSSR count). The van der Waals surface area contributed by atoms with Gasteiger partial charge in [0.15, 0.2) is 0 Å². The number of aryl methyl sites for hydroxylation is 1. The number of carbonyl (C=O) groups excluding carboxylic acids is 2. The van der Waals surface area contributed by atoms with Gasteiger partial charge in [-0.3, -0.25) is 9.59 Å². The summed E-state index contributed by atoms with van der Waals surface area (Å²) in [6.07, 6.45) is 0. The van der Waals surface area contributed by atoms with Crippen molar-refractivity contribution in [3.8, 4) is 0 Å². The molecule has 1 aliphatic heterocycles. The molecule has 162 valence electrons. The lowest BCUT2D eigenvalue weighted by Crippen LogP contribution is -2.33. The fourth-order valence-corrected chi connectivity index (χ4v) is 3.98. The van der Waals surface area contributed by atoms with Crippen molar-refractivity contribution in [1.82, 2.24) is 0 Å². The standard InChI is InChI=1S/C27H18F2N2O2/c1-16-9-11-18(12-10-16)24-25(30-22-8-4-6-17-5-2-3-7-20(17)22)27(33)31(26(24)32)23-14-13-19(28)15-21(23)29/h2-15,30H,1H3. The van der Waals surface area contributed by atoms with Crippen molar-refractivity contribution in [2.75, 3.05) is 10.2 Å². The van der Waals surface area contributed by atoms with E-state index in [1.807, 2.05) is 55.5 Å². The fourth-order valence-electron chi connectivity index (χ4n) is 3.98. The highest BCUT2D eigenvalue weighted by Gasteiger charge is 2.41. The van der Waals surface area contributed by atoms with Crippen molar-refractivity contribution in [2.45, 2.75) is 6.92 Å². The van der Waals surface area contributed by atoms with Gasteiger partial charge in [0.05, 0.1) is 11.3 Å². The van der Waals surface area contributed by atoms with Crippen molar-refractivity contribution in [3.63, 3.8) is 0 Å². The van der Waals surface area contributed by atoms with Crippen LogP contribution in [0.15, 0.2) is 90.6 Å². The van der Waals surface area contributed by atoms with Crippen molar-refractivity contribution in [3.05, 3.63) is 113 Å². The number of imide groups is 1. The van der Waals surface area contributed by atoms with Crippen LogP contribution < -0.4 is 10.2 Å². The largest absolute Gasteiger partial charge is 0.350 e. The van der Waals surface area contributed by atoms with Gasteiger partial charge in [-0.1, -0.05) is 66.2 Å². The second-order valence-electron chi connectivity index (χ2n) is 7.81. The Kier molecular flexibility index (Phi) is 4.98. The average molecular weight is 440 g/mol. The maximum Gasteiger partial charge on any atom is 0.282 e. The van der Waals surface area contributed by atoms with Gasteiger partial charge in [0.25, 0.3) is 11.8 Å². The first-order chi connectivity index (χ1) is 15.9. The van der Waals surface area contributed by atoms with Gasteiger partial charge in [0, 0.05) is 17.1 Å². The normalized spacial score (nSPS) is 13.8. The Labute approximate surface area is 188 Å². The lowest BCUT2D eigenvalue weighted by atomic mass is 10.0. The van der Waals surface area contributed by atoms with Crippen LogP contribution in [0.3, 0.4) is 0 Å². The Morgan fingerprint density at radius 1 is 0.788 bits per heavy atom. The van der Waals surface area contributed by atoms with E-state index >= 15 is 0 Å². The molecule has 0 atom stereocenters. The van der Waals surface area contributed by atoms with Gasteiger partial charge in [-0.15, -0.1) is 0 Å². The topological polar surface area (TPSA) is 49.4 Å². The summed E-state index contributed by atoms with van der Waals surface area (Å²) in [6.45, 7) is 1.91.